The Morgan fingerprint density at radius 1 is 1.08 bits per heavy atom. The number of carbonyl (C=O) groups is 2. The first-order valence-corrected chi connectivity index (χ1v) is 8.77. The third-order valence-electron chi connectivity index (χ3n) is 4.84. The minimum Gasteiger partial charge on any atom is -0.352 e. The monoisotopic (exact) mass is 333 g/mol. The number of anilines is 1. The van der Waals surface area contributed by atoms with Gasteiger partial charge in [-0.25, -0.2) is 9.18 Å². The molecule has 1 aromatic carbocycles. The van der Waals surface area contributed by atoms with Gasteiger partial charge in [0.05, 0.1) is 0 Å². The quantitative estimate of drug-likeness (QED) is 0.892. The molecule has 3 amide bonds. The van der Waals surface area contributed by atoms with Gasteiger partial charge < -0.3 is 15.5 Å². The lowest BCUT2D eigenvalue weighted by Crippen LogP contribution is -2.50. The highest BCUT2D eigenvalue weighted by Gasteiger charge is 2.35. The predicted molar refractivity (Wildman–Crippen MR) is 90.2 cm³/mol. The van der Waals surface area contributed by atoms with Gasteiger partial charge in [0.25, 0.3) is 0 Å². The Morgan fingerprint density at radius 3 is 2.62 bits per heavy atom. The summed E-state index contributed by atoms with van der Waals surface area (Å²) in [5.41, 5.74) is 0.401. The van der Waals surface area contributed by atoms with E-state index in [2.05, 4.69) is 10.6 Å². The van der Waals surface area contributed by atoms with Crippen LogP contribution in [0.1, 0.15) is 44.9 Å². The summed E-state index contributed by atoms with van der Waals surface area (Å²) in [6.07, 6.45) is 7.06. The molecule has 1 heterocycles. The Hall–Kier alpha value is -2.11. The number of rotatable bonds is 3. The van der Waals surface area contributed by atoms with Crippen LogP contribution in [-0.2, 0) is 4.79 Å². The number of hydrogen-bond acceptors (Lipinski definition) is 2. The zero-order valence-corrected chi connectivity index (χ0v) is 13.8. The molecule has 1 aliphatic carbocycles. The van der Waals surface area contributed by atoms with E-state index >= 15 is 0 Å². The molecule has 3 rings (SSSR count). The van der Waals surface area contributed by atoms with Crippen LogP contribution in [0, 0.1) is 5.82 Å². The molecule has 0 bridgehead atoms. The van der Waals surface area contributed by atoms with Crippen molar-refractivity contribution >= 4 is 17.6 Å². The Morgan fingerprint density at radius 2 is 1.88 bits per heavy atom. The predicted octanol–water partition coefficient (Wildman–Crippen LogP) is 3.27. The standard InChI is InChI=1S/C18H24FN3O2/c19-13-6-4-9-15(12-13)21-18(24)22-11-5-10-16(22)17(23)20-14-7-2-1-3-8-14/h4,6,9,12,14,16H,1-3,5,7-8,10-11H2,(H,20,23)(H,21,24)/t16-/m1/s1. The number of urea groups is 1. The summed E-state index contributed by atoms with van der Waals surface area (Å²) in [6, 6.07) is 5.23. The van der Waals surface area contributed by atoms with Crippen molar-refractivity contribution in [3.8, 4) is 0 Å². The molecule has 24 heavy (non-hydrogen) atoms. The van der Waals surface area contributed by atoms with Crippen LogP contribution in [-0.4, -0.2) is 35.5 Å². The van der Waals surface area contributed by atoms with Crippen molar-refractivity contribution in [1.82, 2.24) is 10.2 Å². The van der Waals surface area contributed by atoms with Crippen molar-refractivity contribution in [2.75, 3.05) is 11.9 Å². The lowest BCUT2D eigenvalue weighted by Gasteiger charge is -2.28. The maximum absolute atomic E-state index is 13.2. The fourth-order valence-electron chi connectivity index (χ4n) is 3.59. The van der Waals surface area contributed by atoms with Gasteiger partial charge in [0.2, 0.25) is 5.91 Å². The molecule has 2 aliphatic rings. The van der Waals surface area contributed by atoms with Crippen molar-refractivity contribution in [2.45, 2.75) is 57.0 Å². The SMILES string of the molecule is O=C(NC1CCCCC1)[C@H]1CCCN1C(=O)Nc1cccc(F)c1. The summed E-state index contributed by atoms with van der Waals surface area (Å²) in [5, 5.41) is 5.78. The van der Waals surface area contributed by atoms with E-state index in [9.17, 15) is 14.0 Å². The van der Waals surface area contributed by atoms with Gasteiger partial charge in [-0.2, -0.15) is 0 Å². The lowest BCUT2D eigenvalue weighted by molar-refractivity contribution is -0.125. The van der Waals surface area contributed by atoms with Crippen LogP contribution in [0.15, 0.2) is 24.3 Å². The topological polar surface area (TPSA) is 61.4 Å². The van der Waals surface area contributed by atoms with E-state index in [-0.39, 0.29) is 18.0 Å². The van der Waals surface area contributed by atoms with Crippen molar-refractivity contribution in [1.29, 1.82) is 0 Å². The first-order chi connectivity index (χ1) is 11.6. The molecule has 0 spiro atoms. The third kappa shape index (κ3) is 4.04. The first kappa shape index (κ1) is 16.7. The number of amides is 3. The van der Waals surface area contributed by atoms with Gasteiger partial charge >= 0.3 is 6.03 Å². The molecule has 1 saturated carbocycles. The minimum absolute atomic E-state index is 0.0613. The molecular formula is C18H24FN3O2. The first-order valence-electron chi connectivity index (χ1n) is 8.77. The summed E-state index contributed by atoms with van der Waals surface area (Å²) in [4.78, 5) is 26.5. The minimum atomic E-state index is -0.430. The fourth-order valence-corrected chi connectivity index (χ4v) is 3.59. The lowest BCUT2D eigenvalue weighted by atomic mass is 9.95. The Bertz CT molecular complexity index is 602. The van der Waals surface area contributed by atoms with Crippen molar-refractivity contribution in [2.24, 2.45) is 0 Å². The average Bonchev–Trinajstić information content (AvgIpc) is 3.06. The van der Waals surface area contributed by atoms with Crippen molar-refractivity contribution < 1.29 is 14.0 Å². The van der Waals surface area contributed by atoms with E-state index in [0.717, 1.165) is 32.1 Å². The maximum Gasteiger partial charge on any atom is 0.322 e. The average molecular weight is 333 g/mol. The molecule has 0 radical (unpaired) electrons. The molecule has 6 heteroatoms. The zero-order valence-electron chi connectivity index (χ0n) is 13.8. The van der Waals surface area contributed by atoms with Crippen LogP contribution in [0.5, 0.6) is 0 Å². The third-order valence-corrected chi connectivity index (χ3v) is 4.84. The smallest absolute Gasteiger partial charge is 0.322 e. The molecule has 2 N–H and O–H groups in total. The number of hydrogen-bond donors (Lipinski definition) is 2. The molecule has 2 fully saturated rings. The van der Waals surface area contributed by atoms with Gasteiger partial charge in [-0.15, -0.1) is 0 Å². The second-order valence-electron chi connectivity index (χ2n) is 6.64. The summed E-state index contributed by atoms with van der Waals surface area (Å²) in [7, 11) is 0. The number of benzene rings is 1. The van der Waals surface area contributed by atoms with E-state index in [1.807, 2.05) is 0 Å². The van der Waals surface area contributed by atoms with Gasteiger partial charge in [0.15, 0.2) is 0 Å². The fraction of sp³-hybridized carbons (Fsp3) is 0.556. The van der Waals surface area contributed by atoms with Gasteiger partial charge in [-0.1, -0.05) is 25.3 Å². The normalized spacial score (nSPS) is 21.5. The van der Waals surface area contributed by atoms with Gasteiger partial charge in [0.1, 0.15) is 11.9 Å². The summed E-state index contributed by atoms with van der Waals surface area (Å²) < 4.78 is 13.2. The summed E-state index contributed by atoms with van der Waals surface area (Å²) in [5.74, 6) is -0.463. The zero-order chi connectivity index (χ0) is 16.9. The summed E-state index contributed by atoms with van der Waals surface area (Å²) >= 11 is 0. The Labute approximate surface area is 141 Å². The second-order valence-corrected chi connectivity index (χ2v) is 6.64. The van der Waals surface area contributed by atoms with Crippen LogP contribution < -0.4 is 10.6 Å². The molecule has 0 unspecified atom stereocenters. The summed E-state index contributed by atoms with van der Waals surface area (Å²) in [6.45, 7) is 0.546. The van der Waals surface area contributed by atoms with Gasteiger partial charge in [-0.05, 0) is 43.9 Å². The van der Waals surface area contributed by atoms with Crippen LogP contribution in [0.25, 0.3) is 0 Å². The Balaban J connectivity index is 1.59. The molecule has 5 nitrogen and oxygen atoms in total. The number of carbonyl (C=O) groups excluding carboxylic acids is 2. The van der Waals surface area contributed by atoms with Crippen LogP contribution in [0.2, 0.25) is 0 Å². The second kappa shape index (κ2) is 7.64. The van der Waals surface area contributed by atoms with E-state index in [0.29, 0.717) is 18.7 Å². The van der Waals surface area contributed by atoms with Crippen LogP contribution in [0.4, 0.5) is 14.9 Å². The van der Waals surface area contributed by atoms with Crippen LogP contribution in [0.3, 0.4) is 0 Å². The molecule has 130 valence electrons. The highest BCUT2D eigenvalue weighted by Crippen LogP contribution is 2.22. The largest absolute Gasteiger partial charge is 0.352 e. The van der Waals surface area contributed by atoms with Crippen molar-refractivity contribution in [3.63, 3.8) is 0 Å². The number of likely N-dealkylation sites (tertiary alicyclic amines) is 1. The molecule has 0 aromatic heterocycles. The molecule has 1 saturated heterocycles. The Kier molecular flexibility index (Phi) is 5.33. The van der Waals surface area contributed by atoms with Crippen molar-refractivity contribution in [3.05, 3.63) is 30.1 Å². The highest BCUT2D eigenvalue weighted by atomic mass is 19.1. The molecule has 1 aromatic rings. The van der Waals surface area contributed by atoms with E-state index in [1.165, 1.54) is 18.6 Å². The number of nitrogens with zero attached hydrogens (tertiary/aromatic N) is 1. The van der Waals surface area contributed by atoms with E-state index in [1.54, 1.807) is 17.0 Å². The van der Waals surface area contributed by atoms with E-state index in [4.69, 9.17) is 0 Å². The van der Waals surface area contributed by atoms with Gasteiger partial charge in [0, 0.05) is 18.3 Å². The maximum atomic E-state index is 13.2. The van der Waals surface area contributed by atoms with Crippen LogP contribution >= 0.6 is 0 Å². The van der Waals surface area contributed by atoms with E-state index < -0.39 is 11.9 Å². The highest BCUT2D eigenvalue weighted by molar-refractivity contribution is 5.94. The number of nitrogens with one attached hydrogen (secondary N) is 2. The van der Waals surface area contributed by atoms with Gasteiger partial charge in [-0.3, -0.25) is 4.79 Å². The molecular weight excluding hydrogens is 309 g/mol. The molecule has 1 atom stereocenters. The molecule has 1 aliphatic heterocycles. The number of halogens is 1.